The van der Waals surface area contributed by atoms with Gasteiger partial charge in [0.2, 0.25) is 5.82 Å². The summed E-state index contributed by atoms with van der Waals surface area (Å²) in [5, 5.41) is 5.53. The molecule has 0 aliphatic carbocycles. The molecule has 4 rings (SSSR count). The number of rotatable bonds is 4. The summed E-state index contributed by atoms with van der Waals surface area (Å²) in [6, 6.07) is 14.3. The second kappa shape index (κ2) is 6.41. The number of ether oxygens (including phenoxy) is 1. The largest absolute Gasteiger partial charge is 0.452 e. The lowest BCUT2D eigenvalue weighted by Gasteiger charge is -2.02. The quantitative estimate of drug-likeness (QED) is 0.555. The standard InChI is InChI=1S/C18H12ClN3O3/c19-14-5-3-12(4-6-14)17-21-16(25-22-17)10-24-18(23)13-2-1-11-7-8-20-15(11)9-13/h1-9,20H,10H2. The molecule has 25 heavy (non-hydrogen) atoms. The van der Waals surface area contributed by atoms with E-state index in [2.05, 4.69) is 15.1 Å². The Morgan fingerprint density at radius 3 is 2.84 bits per heavy atom. The first-order valence-corrected chi connectivity index (χ1v) is 7.90. The molecule has 0 aliphatic rings. The van der Waals surface area contributed by atoms with Gasteiger partial charge in [0.25, 0.3) is 5.89 Å². The van der Waals surface area contributed by atoms with Crippen molar-refractivity contribution in [3.8, 4) is 11.4 Å². The number of esters is 1. The average molecular weight is 354 g/mol. The van der Waals surface area contributed by atoms with Crippen molar-refractivity contribution in [3.63, 3.8) is 0 Å². The third-order valence-corrected chi connectivity index (χ3v) is 3.94. The first-order chi connectivity index (χ1) is 12.2. The molecule has 6 nitrogen and oxygen atoms in total. The predicted molar refractivity (Wildman–Crippen MR) is 92.2 cm³/mol. The topological polar surface area (TPSA) is 81.0 Å². The second-order valence-corrected chi connectivity index (χ2v) is 5.81. The van der Waals surface area contributed by atoms with Gasteiger partial charge in [0.05, 0.1) is 5.56 Å². The Hall–Kier alpha value is -3.12. The van der Waals surface area contributed by atoms with Crippen molar-refractivity contribution in [2.24, 2.45) is 0 Å². The molecular weight excluding hydrogens is 342 g/mol. The van der Waals surface area contributed by atoms with Gasteiger partial charge in [-0.3, -0.25) is 0 Å². The van der Waals surface area contributed by atoms with E-state index in [0.29, 0.717) is 16.4 Å². The third kappa shape index (κ3) is 3.25. The fourth-order valence-electron chi connectivity index (χ4n) is 2.42. The summed E-state index contributed by atoms with van der Waals surface area (Å²) in [6.45, 7) is -0.0951. The summed E-state index contributed by atoms with van der Waals surface area (Å²) in [5.41, 5.74) is 2.09. The Morgan fingerprint density at radius 1 is 1.16 bits per heavy atom. The zero-order valence-electron chi connectivity index (χ0n) is 12.9. The molecule has 0 amide bonds. The number of halogens is 1. The minimum atomic E-state index is -0.456. The van der Waals surface area contributed by atoms with Crippen LogP contribution in [0.25, 0.3) is 22.3 Å². The van der Waals surface area contributed by atoms with Gasteiger partial charge in [-0.1, -0.05) is 22.8 Å². The maximum atomic E-state index is 12.2. The predicted octanol–water partition coefficient (Wildman–Crippen LogP) is 4.23. The molecule has 0 spiro atoms. The first-order valence-electron chi connectivity index (χ1n) is 7.52. The van der Waals surface area contributed by atoms with Crippen LogP contribution in [0.15, 0.2) is 59.3 Å². The highest BCUT2D eigenvalue weighted by Crippen LogP contribution is 2.19. The molecule has 1 N–H and O–H groups in total. The summed E-state index contributed by atoms with van der Waals surface area (Å²) >= 11 is 5.85. The van der Waals surface area contributed by atoms with E-state index in [4.69, 9.17) is 20.9 Å². The molecule has 0 saturated carbocycles. The molecule has 0 fully saturated rings. The van der Waals surface area contributed by atoms with Crippen LogP contribution in [-0.4, -0.2) is 21.1 Å². The number of aromatic amines is 1. The number of hydrogen-bond donors (Lipinski definition) is 1. The molecule has 7 heteroatoms. The van der Waals surface area contributed by atoms with E-state index >= 15 is 0 Å². The summed E-state index contributed by atoms with van der Waals surface area (Å²) in [6.07, 6.45) is 1.82. The van der Waals surface area contributed by atoms with Crippen LogP contribution in [0.5, 0.6) is 0 Å². The smallest absolute Gasteiger partial charge is 0.338 e. The van der Waals surface area contributed by atoms with Crippen molar-refractivity contribution in [2.45, 2.75) is 6.61 Å². The molecule has 4 aromatic rings. The van der Waals surface area contributed by atoms with Gasteiger partial charge >= 0.3 is 5.97 Å². The van der Waals surface area contributed by atoms with Crippen molar-refractivity contribution in [1.82, 2.24) is 15.1 Å². The number of fused-ring (bicyclic) bond motifs is 1. The van der Waals surface area contributed by atoms with E-state index < -0.39 is 5.97 Å². The molecule has 0 radical (unpaired) electrons. The number of H-pyrrole nitrogens is 1. The van der Waals surface area contributed by atoms with Crippen molar-refractivity contribution in [3.05, 3.63) is 71.2 Å². The second-order valence-electron chi connectivity index (χ2n) is 5.37. The van der Waals surface area contributed by atoms with Crippen LogP contribution in [0, 0.1) is 0 Å². The maximum absolute atomic E-state index is 12.2. The molecular formula is C18H12ClN3O3. The lowest BCUT2D eigenvalue weighted by atomic mass is 10.2. The van der Waals surface area contributed by atoms with Gasteiger partial charge in [-0.15, -0.1) is 0 Å². The fourth-order valence-corrected chi connectivity index (χ4v) is 2.54. The molecule has 0 aliphatic heterocycles. The van der Waals surface area contributed by atoms with E-state index in [1.165, 1.54) is 0 Å². The highest BCUT2D eigenvalue weighted by molar-refractivity contribution is 6.30. The van der Waals surface area contributed by atoms with E-state index in [-0.39, 0.29) is 12.5 Å². The van der Waals surface area contributed by atoms with Crippen molar-refractivity contribution in [1.29, 1.82) is 0 Å². The first kappa shape index (κ1) is 15.4. The molecule has 124 valence electrons. The van der Waals surface area contributed by atoms with Crippen molar-refractivity contribution < 1.29 is 14.1 Å². The summed E-state index contributed by atoms with van der Waals surface area (Å²) < 4.78 is 10.4. The Kier molecular flexibility index (Phi) is 3.95. The number of nitrogens with one attached hydrogen (secondary N) is 1. The minimum Gasteiger partial charge on any atom is -0.452 e. The van der Waals surface area contributed by atoms with Crippen LogP contribution in [-0.2, 0) is 11.3 Å². The number of aromatic nitrogens is 3. The van der Waals surface area contributed by atoms with Crippen LogP contribution in [0.1, 0.15) is 16.2 Å². The number of nitrogens with zero attached hydrogens (tertiary/aromatic N) is 2. The highest BCUT2D eigenvalue weighted by Gasteiger charge is 2.13. The number of benzene rings is 2. The molecule has 0 unspecified atom stereocenters. The summed E-state index contributed by atoms with van der Waals surface area (Å²) in [4.78, 5) is 19.4. The normalized spacial score (nSPS) is 10.9. The average Bonchev–Trinajstić information content (AvgIpc) is 3.29. The Balaban J connectivity index is 1.44. The Bertz CT molecular complexity index is 1040. The highest BCUT2D eigenvalue weighted by atomic mass is 35.5. The molecule has 2 aromatic heterocycles. The lowest BCUT2D eigenvalue weighted by molar-refractivity contribution is 0.0430. The SMILES string of the molecule is O=C(OCc1nc(-c2ccc(Cl)cc2)no1)c1ccc2cc[nH]c2c1. The molecule has 0 bridgehead atoms. The van der Waals surface area contributed by atoms with E-state index in [0.717, 1.165) is 16.5 Å². The molecule has 0 atom stereocenters. The van der Waals surface area contributed by atoms with Crippen LogP contribution >= 0.6 is 11.6 Å². The Labute approximate surface area is 147 Å². The molecule has 0 saturated heterocycles. The van der Waals surface area contributed by atoms with Crippen LogP contribution in [0.2, 0.25) is 5.02 Å². The van der Waals surface area contributed by atoms with Gasteiger partial charge in [0.15, 0.2) is 6.61 Å². The summed E-state index contributed by atoms with van der Waals surface area (Å²) in [7, 11) is 0. The fraction of sp³-hybridized carbons (Fsp3) is 0.0556. The van der Waals surface area contributed by atoms with Gasteiger partial charge in [-0.25, -0.2) is 4.79 Å². The van der Waals surface area contributed by atoms with Crippen LogP contribution in [0.4, 0.5) is 0 Å². The van der Waals surface area contributed by atoms with Gasteiger partial charge in [0, 0.05) is 22.3 Å². The van der Waals surface area contributed by atoms with E-state index in [9.17, 15) is 4.79 Å². The van der Waals surface area contributed by atoms with Gasteiger partial charge in [0.1, 0.15) is 0 Å². The van der Waals surface area contributed by atoms with Gasteiger partial charge < -0.3 is 14.2 Å². The van der Waals surface area contributed by atoms with Crippen LogP contribution in [0.3, 0.4) is 0 Å². The van der Waals surface area contributed by atoms with E-state index in [1.807, 2.05) is 18.3 Å². The summed E-state index contributed by atoms with van der Waals surface area (Å²) in [5.74, 6) is 0.178. The van der Waals surface area contributed by atoms with E-state index in [1.54, 1.807) is 36.4 Å². The monoisotopic (exact) mass is 353 g/mol. The molecule has 2 heterocycles. The van der Waals surface area contributed by atoms with Crippen LogP contribution < -0.4 is 0 Å². The zero-order chi connectivity index (χ0) is 17.2. The van der Waals surface area contributed by atoms with Crippen molar-refractivity contribution >= 4 is 28.5 Å². The lowest BCUT2D eigenvalue weighted by Crippen LogP contribution is -2.05. The minimum absolute atomic E-state index is 0.0951. The van der Waals surface area contributed by atoms with Gasteiger partial charge in [-0.2, -0.15) is 4.98 Å². The molecule has 2 aromatic carbocycles. The number of carbonyl (C=O) groups is 1. The van der Waals surface area contributed by atoms with Crippen molar-refractivity contribution in [2.75, 3.05) is 0 Å². The number of hydrogen-bond acceptors (Lipinski definition) is 5. The number of carbonyl (C=O) groups excluding carboxylic acids is 1. The maximum Gasteiger partial charge on any atom is 0.338 e. The van der Waals surface area contributed by atoms with Gasteiger partial charge in [-0.05, 0) is 47.9 Å². The zero-order valence-corrected chi connectivity index (χ0v) is 13.7. The Morgan fingerprint density at radius 2 is 2.00 bits per heavy atom. The third-order valence-electron chi connectivity index (χ3n) is 3.69.